The van der Waals surface area contributed by atoms with E-state index in [0.29, 0.717) is 12.2 Å². The molecule has 0 bridgehead atoms. The van der Waals surface area contributed by atoms with Crippen LogP contribution in [0, 0.1) is 0 Å². The fraction of sp³-hybridized carbons (Fsp3) is 0.176. The molecule has 0 aliphatic rings. The van der Waals surface area contributed by atoms with Crippen molar-refractivity contribution in [2.24, 2.45) is 0 Å². The fourth-order valence-electron chi connectivity index (χ4n) is 2.28. The summed E-state index contributed by atoms with van der Waals surface area (Å²) in [6.45, 7) is 0. The topological polar surface area (TPSA) is 90.7 Å². The standard InChI is InChI=1S/C17H15NO4S2/c19-13-6-5-10(16(21)22)9-11(13)14(20)7-8-23-17-18-12-3-1-2-4-15(12)24-17/h1-6,9,14,19-20H,7-8H2,(H,21,22). The van der Waals surface area contributed by atoms with E-state index in [1.165, 1.54) is 30.0 Å². The van der Waals surface area contributed by atoms with Crippen molar-refractivity contribution in [3.05, 3.63) is 53.6 Å². The molecule has 1 aromatic heterocycles. The first-order valence-electron chi connectivity index (χ1n) is 7.27. The highest BCUT2D eigenvalue weighted by atomic mass is 32.2. The number of aliphatic hydroxyl groups excluding tert-OH is 1. The molecule has 7 heteroatoms. The van der Waals surface area contributed by atoms with Crippen LogP contribution in [0.3, 0.4) is 0 Å². The lowest BCUT2D eigenvalue weighted by molar-refractivity contribution is 0.0696. The van der Waals surface area contributed by atoms with Crippen molar-refractivity contribution >= 4 is 39.3 Å². The minimum absolute atomic E-state index is 0.0423. The number of benzene rings is 2. The Balaban J connectivity index is 1.64. The molecule has 0 fully saturated rings. The Morgan fingerprint density at radius 2 is 2.04 bits per heavy atom. The van der Waals surface area contributed by atoms with Crippen LogP contribution in [0.25, 0.3) is 10.2 Å². The van der Waals surface area contributed by atoms with Gasteiger partial charge in [-0.15, -0.1) is 11.3 Å². The maximum absolute atomic E-state index is 11.0. The van der Waals surface area contributed by atoms with E-state index in [0.717, 1.165) is 14.6 Å². The molecule has 2 aromatic carbocycles. The minimum Gasteiger partial charge on any atom is -0.508 e. The zero-order valence-corrected chi connectivity index (χ0v) is 14.2. The first kappa shape index (κ1) is 16.8. The first-order chi connectivity index (χ1) is 11.5. The van der Waals surface area contributed by atoms with Crippen LogP contribution >= 0.6 is 23.1 Å². The average Bonchev–Trinajstić information content (AvgIpc) is 2.97. The highest BCUT2D eigenvalue weighted by Gasteiger charge is 2.15. The van der Waals surface area contributed by atoms with Gasteiger partial charge in [0.2, 0.25) is 0 Å². The van der Waals surface area contributed by atoms with Crippen LogP contribution in [0.4, 0.5) is 0 Å². The number of fused-ring (bicyclic) bond motifs is 1. The average molecular weight is 361 g/mol. The van der Waals surface area contributed by atoms with Crippen molar-refractivity contribution in [3.63, 3.8) is 0 Å². The molecule has 0 aliphatic heterocycles. The Labute approximate surface area is 146 Å². The lowest BCUT2D eigenvalue weighted by atomic mass is 10.0. The van der Waals surface area contributed by atoms with Crippen LogP contribution in [0.5, 0.6) is 5.75 Å². The number of nitrogens with zero attached hydrogens (tertiary/aromatic N) is 1. The Bertz CT molecular complexity index is 845. The Kier molecular flexibility index (Phi) is 5.03. The largest absolute Gasteiger partial charge is 0.508 e. The van der Waals surface area contributed by atoms with Gasteiger partial charge in [-0.05, 0) is 36.8 Å². The van der Waals surface area contributed by atoms with Gasteiger partial charge in [0.05, 0.1) is 21.9 Å². The van der Waals surface area contributed by atoms with Gasteiger partial charge in [0, 0.05) is 11.3 Å². The van der Waals surface area contributed by atoms with E-state index in [1.54, 1.807) is 11.3 Å². The van der Waals surface area contributed by atoms with Crippen molar-refractivity contribution in [3.8, 4) is 5.75 Å². The van der Waals surface area contributed by atoms with Gasteiger partial charge in [0.25, 0.3) is 0 Å². The van der Waals surface area contributed by atoms with E-state index in [-0.39, 0.29) is 16.9 Å². The third-order valence-electron chi connectivity index (χ3n) is 3.52. The fourth-order valence-corrected chi connectivity index (χ4v) is 4.41. The van der Waals surface area contributed by atoms with Gasteiger partial charge >= 0.3 is 5.97 Å². The summed E-state index contributed by atoms with van der Waals surface area (Å²) in [4.78, 5) is 15.5. The van der Waals surface area contributed by atoms with Crippen molar-refractivity contribution in [1.82, 2.24) is 4.98 Å². The van der Waals surface area contributed by atoms with Crippen LogP contribution < -0.4 is 0 Å². The molecule has 0 saturated carbocycles. The molecule has 0 aliphatic carbocycles. The molecule has 0 spiro atoms. The van der Waals surface area contributed by atoms with Gasteiger partial charge in [0.1, 0.15) is 5.75 Å². The second-order valence-corrected chi connectivity index (χ2v) is 7.55. The number of hydrogen-bond donors (Lipinski definition) is 3. The van der Waals surface area contributed by atoms with E-state index >= 15 is 0 Å². The number of aliphatic hydroxyl groups is 1. The zero-order chi connectivity index (χ0) is 17.1. The summed E-state index contributed by atoms with van der Waals surface area (Å²) < 4.78 is 2.04. The maximum Gasteiger partial charge on any atom is 0.335 e. The number of rotatable bonds is 6. The number of phenolic OH excluding ortho intramolecular Hbond substituents is 1. The second kappa shape index (κ2) is 7.21. The van der Waals surface area contributed by atoms with Crippen LogP contribution in [-0.4, -0.2) is 32.0 Å². The summed E-state index contributed by atoms with van der Waals surface area (Å²) >= 11 is 3.13. The number of phenols is 1. The second-order valence-electron chi connectivity index (χ2n) is 5.18. The van der Waals surface area contributed by atoms with E-state index in [4.69, 9.17) is 5.11 Å². The van der Waals surface area contributed by atoms with Gasteiger partial charge in [-0.25, -0.2) is 9.78 Å². The summed E-state index contributed by atoms with van der Waals surface area (Å²) in [6.07, 6.45) is -0.539. The third kappa shape index (κ3) is 3.69. The maximum atomic E-state index is 11.0. The number of carboxylic acids is 1. The van der Waals surface area contributed by atoms with Gasteiger partial charge in [-0.3, -0.25) is 0 Å². The van der Waals surface area contributed by atoms with E-state index < -0.39 is 12.1 Å². The quantitative estimate of drug-likeness (QED) is 0.577. The lowest BCUT2D eigenvalue weighted by Gasteiger charge is -2.12. The number of aromatic nitrogens is 1. The molecule has 0 amide bonds. The smallest absolute Gasteiger partial charge is 0.335 e. The Morgan fingerprint density at radius 1 is 1.25 bits per heavy atom. The molecule has 1 unspecified atom stereocenters. The summed E-state index contributed by atoms with van der Waals surface area (Å²) in [7, 11) is 0. The molecule has 3 N–H and O–H groups in total. The predicted octanol–water partition coefficient (Wildman–Crippen LogP) is 3.92. The summed E-state index contributed by atoms with van der Waals surface area (Å²) in [5.41, 5.74) is 1.23. The molecule has 5 nitrogen and oxygen atoms in total. The number of aromatic hydroxyl groups is 1. The predicted molar refractivity (Wildman–Crippen MR) is 95.0 cm³/mol. The number of carboxylic acid groups (broad SMARTS) is 1. The summed E-state index contributed by atoms with van der Waals surface area (Å²) in [5.74, 6) is -0.581. The summed E-state index contributed by atoms with van der Waals surface area (Å²) in [5, 5.41) is 29.1. The number of thiazole rings is 1. The molecule has 3 rings (SSSR count). The van der Waals surface area contributed by atoms with E-state index in [1.807, 2.05) is 24.3 Å². The molecule has 24 heavy (non-hydrogen) atoms. The number of thioether (sulfide) groups is 1. The summed E-state index contributed by atoms with van der Waals surface area (Å²) in [6, 6.07) is 11.8. The van der Waals surface area contributed by atoms with E-state index in [9.17, 15) is 15.0 Å². The van der Waals surface area contributed by atoms with Crippen molar-refractivity contribution < 1.29 is 20.1 Å². The Hall–Kier alpha value is -2.09. The van der Waals surface area contributed by atoms with Crippen LogP contribution in [0.2, 0.25) is 0 Å². The first-order valence-corrected chi connectivity index (χ1v) is 9.07. The van der Waals surface area contributed by atoms with Crippen LogP contribution in [0.1, 0.15) is 28.4 Å². The molecule has 0 saturated heterocycles. The third-order valence-corrected chi connectivity index (χ3v) is 5.74. The highest BCUT2D eigenvalue weighted by Crippen LogP contribution is 2.33. The number of para-hydroxylation sites is 1. The van der Waals surface area contributed by atoms with Gasteiger partial charge in [-0.1, -0.05) is 23.9 Å². The highest BCUT2D eigenvalue weighted by molar-refractivity contribution is 8.01. The minimum atomic E-state index is -1.09. The number of carbonyl (C=O) groups is 1. The van der Waals surface area contributed by atoms with Crippen LogP contribution in [0.15, 0.2) is 46.8 Å². The van der Waals surface area contributed by atoms with Gasteiger partial charge in [0.15, 0.2) is 4.34 Å². The normalized spacial score (nSPS) is 12.4. The molecule has 3 aromatic rings. The number of aromatic carboxylic acids is 1. The van der Waals surface area contributed by atoms with E-state index in [2.05, 4.69) is 4.98 Å². The van der Waals surface area contributed by atoms with Gasteiger partial charge < -0.3 is 15.3 Å². The molecule has 124 valence electrons. The monoisotopic (exact) mass is 361 g/mol. The molecular formula is C17H15NO4S2. The van der Waals surface area contributed by atoms with Gasteiger partial charge in [-0.2, -0.15) is 0 Å². The zero-order valence-electron chi connectivity index (χ0n) is 12.5. The van der Waals surface area contributed by atoms with Crippen LogP contribution in [-0.2, 0) is 0 Å². The molecule has 0 radical (unpaired) electrons. The van der Waals surface area contributed by atoms with Crippen molar-refractivity contribution in [2.45, 2.75) is 16.9 Å². The SMILES string of the molecule is O=C(O)c1ccc(O)c(C(O)CCSc2nc3ccccc3s2)c1. The molecular weight excluding hydrogens is 346 g/mol. The molecule has 1 heterocycles. The van der Waals surface area contributed by atoms with Crippen molar-refractivity contribution in [2.75, 3.05) is 5.75 Å². The molecule has 1 atom stereocenters. The van der Waals surface area contributed by atoms with Crippen molar-refractivity contribution in [1.29, 1.82) is 0 Å². The Morgan fingerprint density at radius 3 is 2.79 bits per heavy atom. The number of hydrogen-bond acceptors (Lipinski definition) is 6. The lowest BCUT2D eigenvalue weighted by Crippen LogP contribution is -2.03.